The van der Waals surface area contributed by atoms with Gasteiger partial charge in [0.1, 0.15) is 11.5 Å². The van der Waals surface area contributed by atoms with Gasteiger partial charge in [-0.05, 0) is 31.2 Å². The van der Waals surface area contributed by atoms with E-state index in [1.165, 1.54) is 0 Å². The highest BCUT2D eigenvalue weighted by atomic mass is 16.5. The van der Waals surface area contributed by atoms with E-state index < -0.39 is 0 Å². The number of rotatable bonds is 6. The zero-order valence-corrected chi connectivity index (χ0v) is 11.8. The molecule has 102 valence electrons. The van der Waals surface area contributed by atoms with Crippen molar-refractivity contribution in [1.29, 1.82) is 0 Å². The number of ether oxygens (including phenoxy) is 1. The average Bonchev–Trinajstić information content (AvgIpc) is 2.91. The Hall–Kier alpha value is -1.58. The predicted molar refractivity (Wildman–Crippen MR) is 76.9 cm³/mol. The lowest BCUT2D eigenvalue weighted by Crippen LogP contribution is -2.14. The number of furan rings is 1. The second kappa shape index (κ2) is 6.55. The van der Waals surface area contributed by atoms with Gasteiger partial charge >= 0.3 is 0 Å². The Morgan fingerprint density at radius 2 is 2.00 bits per heavy atom. The molecule has 3 heteroatoms. The van der Waals surface area contributed by atoms with Crippen molar-refractivity contribution in [3.63, 3.8) is 0 Å². The molecule has 0 radical (unpaired) electrons. The van der Waals surface area contributed by atoms with E-state index in [2.05, 4.69) is 24.4 Å². The van der Waals surface area contributed by atoms with E-state index in [-0.39, 0.29) is 6.04 Å². The Balaban J connectivity index is 2.32. The van der Waals surface area contributed by atoms with Crippen LogP contribution < -0.4 is 5.32 Å². The maximum atomic E-state index is 5.98. The van der Waals surface area contributed by atoms with Crippen molar-refractivity contribution in [3.05, 3.63) is 47.7 Å². The van der Waals surface area contributed by atoms with Crippen molar-refractivity contribution in [2.75, 3.05) is 14.2 Å². The van der Waals surface area contributed by atoms with Crippen LogP contribution in [0.2, 0.25) is 0 Å². The molecule has 1 unspecified atom stereocenters. The lowest BCUT2D eigenvalue weighted by atomic mass is 10.1. The van der Waals surface area contributed by atoms with E-state index >= 15 is 0 Å². The summed E-state index contributed by atoms with van der Waals surface area (Å²) >= 11 is 0. The Morgan fingerprint density at radius 3 is 2.68 bits per heavy atom. The molecule has 1 N–H and O–H groups in total. The van der Waals surface area contributed by atoms with Crippen molar-refractivity contribution in [2.45, 2.75) is 26.0 Å². The summed E-state index contributed by atoms with van der Waals surface area (Å²) in [6.07, 6.45) is 1.00. The number of hydrogen-bond acceptors (Lipinski definition) is 3. The number of methoxy groups -OCH3 is 1. The van der Waals surface area contributed by atoms with Crippen molar-refractivity contribution < 1.29 is 9.15 Å². The van der Waals surface area contributed by atoms with Crippen LogP contribution in [-0.4, -0.2) is 14.2 Å². The van der Waals surface area contributed by atoms with Crippen LogP contribution in [0.25, 0.3) is 11.3 Å². The van der Waals surface area contributed by atoms with Gasteiger partial charge in [0.2, 0.25) is 0 Å². The normalized spacial score (nSPS) is 12.6. The van der Waals surface area contributed by atoms with E-state index in [1.807, 2.05) is 31.3 Å². The molecule has 0 bridgehead atoms. The molecule has 0 saturated carbocycles. The van der Waals surface area contributed by atoms with Crippen LogP contribution in [0, 0.1) is 0 Å². The van der Waals surface area contributed by atoms with Gasteiger partial charge in [0.25, 0.3) is 0 Å². The molecule has 0 aliphatic rings. The fraction of sp³-hybridized carbons (Fsp3) is 0.375. The monoisotopic (exact) mass is 259 g/mol. The third-order valence-electron chi connectivity index (χ3n) is 3.31. The van der Waals surface area contributed by atoms with E-state index in [0.29, 0.717) is 6.61 Å². The zero-order valence-electron chi connectivity index (χ0n) is 11.8. The molecule has 0 aliphatic carbocycles. The SMILES string of the molecule is CCC(NC)c1ccc(-c2ccccc2COC)o1. The Labute approximate surface area is 114 Å². The summed E-state index contributed by atoms with van der Waals surface area (Å²) in [5.41, 5.74) is 2.24. The van der Waals surface area contributed by atoms with Gasteiger partial charge in [0, 0.05) is 12.7 Å². The molecule has 3 nitrogen and oxygen atoms in total. The standard InChI is InChI=1S/C16H21NO2/c1-4-14(17-2)16-10-9-15(19-16)13-8-6-5-7-12(13)11-18-3/h5-10,14,17H,4,11H2,1-3H3. The van der Waals surface area contributed by atoms with E-state index in [4.69, 9.17) is 9.15 Å². The van der Waals surface area contributed by atoms with Gasteiger partial charge in [-0.15, -0.1) is 0 Å². The van der Waals surface area contributed by atoms with Gasteiger partial charge < -0.3 is 14.5 Å². The van der Waals surface area contributed by atoms with Gasteiger partial charge in [0.15, 0.2) is 0 Å². The summed E-state index contributed by atoms with van der Waals surface area (Å²) in [5.74, 6) is 1.88. The maximum absolute atomic E-state index is 5.98. The minimum atomic E-state index is 0.267. The van der Waals surface area contributed by atoms with Crippen molar-refractivity contribution in [2.24, 2.45) is 0 Å². The van der Waals surface area contributed by atoms with Gasteiger partial charge in [0.05, 0.1) is 12.6 Å². The molecule has 2 rings (SSSR count). The van der Waals surface area contributed by atoms with Gasteiger partial charge in [-0.2, -0.15) is 0 Å². The maximum Gasteiger partial charge on any atom is 0.134 e. The molecule has 0 fully saturated rings. The fourth-order valence-electron chi connectivity index (χ4n) is 2.27. The first kappa shape index (κ1) is 13.8. The fourth-order valence-corrected chi connectivity index (χ4v) is 2.27. The first-order valence-electron chi connectivity index (χ1n) is 6.64. The highest BCUT2D eigenvalue weighted by molar-refractivity contribution is 5.62. The van der Waals surface area contributed by atoms with Gasteiger partial charge in [-0.3, -0.25) is 0 Å². The first-order valence-corrected chi connectivity index (χ1v) is 6.64. The highest BCUT2D eigenvalue weighted by Gasteiger charge is 2.14. The van der Waals surface area contributed by atoms with Crippen LogP contribution >= 0.6 is 0 Å². The minimum absolute atomic E-state index is 0.267. The summed E-state index contributed by atoms with van der Waals surface area (Å²) in [6.45, 7) is 2.73. The molecule has 1 atom stereocenters. The third kappa shape index (κ3) is 3.06. The number of nitrogens with one attached hydrogen (secondary N) is 1. The molecule has 0 amide bonds. The molecule has 0 aliphatic heterocycles. The number of hydrogen-bond donors (Lipinski definition) is 1. The Morgan fingerprint density at radius 1 is 1.21 bits per heavy atom. The lowest BCUT2D eigenvalue weighted by molar-refractivity contribution is 0.185. The summed E-state index contributed by atoms with van der Waals surface area (Å²) in [5, 5.41) is 3.25. The van der Waals surface area contributed by atoms with Crippen LogP contribution in [0.3, 0.4) is 0 Å². The van der Waals surface area contributed by atoms with Crippen molar-refractivity contribution in [1.82, 2.24) is 5.32 Å². The molecular weight excluding hydrogens is 238 g/mol. The van der Waals surface area contributed by atoms with Crippen LogP contribution in [0.4, 0.5) is 0 Å². The van der Waals surface area contributed by atoms with Crippen molar-refractivity contribution >= 4 is 0 Å². The second-order valence-electron chi connectivity index (χ2n) is 4.54. The molecule has 1 aromatic heterocycles. The van der Waals surface area contributed by atoms with Crippen LogP contribution in [-0.2, 0) is 11.3 Å². The number of benzene rings is 1. The Kier molecular flexibility index (Phi) is 4.77. The van der Waals surface area contributed by atoms with Crippen LogP contribution in [0.15, 0.2) is 40.8 Å². The van der Waals surface area contributed by atoms with Crippen LogP contribution in [0.5, 0.6) is 0 Å². The summed E-state index contributed by atoms with van der Waals surface area (Å²) in [6, 6.07) is 12.5. The van der Waals surface area contributed by atoms with E-state index in [0.717, 1.165) is 29.1 Å². The van der Waals surface area contributed by atoms with Crippen LogP contribution in [0.1, 0.15) is 30.7 Å². The average molecular weight is 259 g/mol. The second-order valence-corrected chi connectivity index (χ2v) is 4.54. The zero-order chi connectivity index (χ0) is 13.7. The smallest absolute Gasteiger partial charge is 0.134 e. The minimum Gasteiger partial charge on any atom is -0.459 e. The summed E-state index contributed by atoms with van der Waals surface area (Å²) in [7, 11) is 3.66. The first-order chi connectivity index (χ1) is 9.30. The van der Waals surface area contributed by atoms with Crippen molar-refractivity contribution in [3.8, 4) is 11.3 Å². The Bertz CT molecular complexity index is 515. The quantitative estimate of drug-likeness (QED) is 0.857. The topological polar surface area (TPSA) is 34.4 Å². The predicted octanol–water partition coefficient (Wildman–Crippen LogP) is 3.76. The molecule has 1 aromatic carbocycles. The van der Waals surface area contributed by atoms with E-state index in [9.17, 15) is 0 Å². The molecule has 2 aromatic rings. The van der Waals surface area contributed by atoms with Gasteiger partial charge in [-0.1, -0.05) is 31.2 Å². The largest absolute Gasteiger partial charge is 0.459 e. The van der Waals surface area contributed by atoms with Gasteiger partial charge in [-0.25, -0.2) is 0 Å². The molecular formula is C16H21NO2. The molecule has 19 heavy (non-hydrogen) atoms. The molecule has 0 saturated heterocycles. The highest BCUT2D eigenvalue weighted by Crippen LogP contribution is 2.29. The molecule has 1 heterocycles. The third-order valence-corrected chi connectivity index (χ3v) is 3.31. The molecule has 0 spiro atoms. The summed E-state index contributed by atoms with van der Waals surface area (Å²) in [4.78, 5) is 0. The van der Waals surface area contributed by atoms with E-state index in [1.54, 1.807) is 7.11 Å². The lowest BCUT2D eigenvalue weighted by Gasteiger charge is -2.10. The summed E-state index contributed by atoms with van der Waals surface area (Å²) < 4.78 is 11.2.